The zero-order valence-electron chi connectivity index (χ0n) is 16.3. The predicted octanol–water partition coefficient (Wildman–Crippen LogP) is 5.03. The van der Waals surface area contributed by atoms with Crippen molar-refractivity contribution < 1.29 is 4.79 Å². The second-order valence-corrected chi connectivity index (χ2v) is 9.92. The van der Waals surface area contributed by atoms with Crippen LogP contribution in [0.4, 0.5) is 0 Å². The van der Waals surface area contributed by atoms with E-state index >= 15 is 0 Å². The van der Waals surface area contributed by atoms with Gasteiger partial charge in [0.15, 0.2) is 5.69 Å². The van der Waals surface area contributed by atoms with Crippen molar-refractivity contribution in [2.75, 3.05) is 0 Å². The molecule has 150 valence electrons. The van der Waals surface area contributed by atoms with E-state index in [1.807, 2.05) is 42.5 Å². The van der Waals surface area contributed by atoms with Crippen molar-refractivity contribution in [3.05, 3.63) is 57.8 Å². The number of hydrogen-bond acceptors (Lipinski definition) is 3. The standard InChI is InChI=1S/C23H25BrN4O/c24-19(9-15-4-2-1-3-5-15)14-25-28-22(29)20-10-21(27-26-20)23-11-16-6-17(12-23)8-18(7-16)13-23/h1-5,9-10,14,16-18H,6-8,11-13H2,(H,26,27)(H,28,29)/b19-9-,25-14+. The molecule has 4 aliphatic carbocycles. The van der Waals surface area contributed by atoms with Crippen LogP contribution in [0.5, 0.6) is 0 Å². The summed E-state index contributed by atoms with van der Waals surface area (Å²) >= 11 is 3.45. The lowest BCUT2D eigenvalue weighted by molar-refractivity contribution is -0.00721. The molecule has 4 aliphatic rings. The van der Waals surface area contributed by atoms with Crippen LogP contribution in [0, 0.1) is 17.8 Å². The second kappa shape index (κ2) is 7.56. The summed E-state index contributed by atoms with van der Waals surface area (Å²) in [5.41, 5.74) is 5.42. The fourth-order valence-corrected chi connectivity index (χ4v) is 6.47. The number of aromatic amines is 1. The van der Waals surface area contributed by atoms with Gasteiger partial charge in [-0.05, 0) is 89.9 Å². The van der Waals surface area contributed by atoms with Gasteiger partial charge < -0.3 is 0 Å². The number of nitrogens with zero attached hydrogens (tertiary/aromatic N) is 2. The molecule has 6 rings (SSSR count). The van der Waals surface area contributed by atoms with E-state index in [0.717, 1.165) is 33.5 Å². The molecule has 0 aliphatic heterocycles. The third-order valence-electron chi connectivity index (χ3n) is 6.88. The Morgan fingerprint density at radius 2 is 1.79 bits per heavy atom. The molecule has 29 heavy (non-hydrogen) atoms. The van der Waals surface area contributed by atoms with Crippen LogP contribution in [0.15, 0.2) is 46.0 Å². The fourth-order valence-electron chi connectivity index (χ4n) is 6.11. The van der Waals surface area contributed by atoms with Crippen LogP contribution in [0.25, 0.3) is 6.08 Å². The lowest BCUT2D eigenvalue weighted by atomic mass is 9.49. The second-order valence-electron chi connectivity index (χ2n) is 9.00. The van der Waals surface area contributed by atoms with Crippen molar-refractivity contribution in [2.24, 2.45) is 22.9 Å². The highest BCUT2D eigenvalue weighted by molar-refractivity contribution is 9.12. The summed E-state index contributed by atoms with van der Waals surface area (Å²) in [7, 11) is 0. The number of amides is 1. The molecule has 5 nitrogen and oxygen atoms in total. The molecule has 4 saturated carbocycles. The van der Waals surface area contributed by atoms with Crippen molar-refractivity contribution in [1.29, 1.82) is 0 Å². The SMILES string of the molecule is O=C(N/N=C/C(Br)=C/c1ccccc1)c1cc(C23CC4CC(CC(C4)C2)C3)[nH]n1. The van der Waals surface area contributed by atoms with Crippen LogP contribution in [0.1, 0.15) is 60.3 Å². The highest BCUT2D eigenvalue weighted by Gasteiger charge is 2.52. The summed E-state index contributed by atoms with van der Waals surface area (Å²) in [6.07, 6.45) is 11.5. The number of benzene rings is 1. The quantitative estimate of drug-likeness (QED) is 0.493. The van der Waals surface area contributed by atoms with E-state index in [2.05, 4.69) is 36.7 Å². The van der Waals surface area contributed by atoms with Crippen molar-refractivity contribution in [1.82, 2.24) is 15.6 Å². The number of carbonyl (C=O) groups excluding carboxylic acids is 1. The van der Waals surface area contributed by atoms with Gasteiger partial charge in [0.05, 0.1) is 6.21 Å². The van der Waals surface area contributed by atoms with Gasteiger partial charge in [-0.2, -0.15) is 10.2 Å². The number of rotatable bonds is 5. The average Bonchev–Trinajstić information content (AvgIpc) is 3.19. The summed E-state index contributed by atoms with van der Waals surface area (Å²) in [6, 6.07) is 11.9. The van der Waals surface area contributed by atoms with E-state index < -0.39 is 0 Å². The number of H-pyrrole nitrogens is 1. The van der Waals surface area contributed by atoms with Crippen LogP contribution in [-0.4, -0.2) is 22.3 Å². The minimum absolute atomic E-state index is 0.213. The summed E-state index contributed by atoms with van der Waals surface area (Å²) in [6.45, 7) is 0. The molecule has 0 atom stereocenters. The van der Waals surface area contributed by atoms with Crippen LogP contribution < -0.4 is 5.43 Å². The molecule has 1 heterocycles. The Labute approximate surface area is 179 Å². The third-order valence-corrected chi connectivity index (χ3v) is 7.31. The number of allylic oxidation sites excluding steroid dienone is 1. The maximum absolute atomic E-state index is 12.5. The minimum atomic E-state index is -0.284. The number of carbonyl (C=O) groups is 1. The van der Waals surface area contributed by atoms with E-state index in [4.69, 9.17) is 0 Å². The van der Waals surface area contributed by atoms with E-state index in [1.165, 1.54) is 38.5 Å². The Morgan fingerprint density at radius 1 is 1.14 bits per heavy atom. The molecule has 0 radical (unpaired) electrons. The fraction of sp³-hybridized carbons (Fsp3) is 0.435. The Hall–Kier alpha value is -2.21. The average molecular weight is 453 g/mol. The van der Waals surface area contributed by atoms with Gasteiger partial charge in [-0.15, -0.1) is 0 Å². The van der Waals surface area contributed by atoms with Gasteiger partial charge in [0.25, 0.3) is 5.91 Å². The van der Waals surface area contributed by atoms with Crippen LogP contribution in [0.2, 0.25) is 0 Å². The molecule has 1 aromatic carbocycles. The largest absolute Gasteiger partial charge is 0.291 e. The summed E-state index contributed by atoms with van der Waals surface area (Å²) in [5, 5.41) is 11.5. The number of halogens is 1. The van der Waals surface area contributed by atoms with Gasteiger partial charge in [-0.1, -0.05) is 30.3 Å². The minimum Gasteiger partial charge on any atom is -0.281 e. The molecule has 4 bridgehead atoms. The number of nitrogens with one attached hydrogen (secondary N) is 2. The first-order valence-corrected chi connectivity index (χ1v) is 11.2. The summed E-state index contributed by atoms with van der Waals surface area (Å²) in [4.78, 5) is 12.5. The maximum atomic E-state index is 12.5. The lowest BCUT2D eigenvalue weighted by Gasteiger charge is -2.56. The summed E-state index contributed by atoms with van der Waals surface area (Å²) < 4.78 is 0.778. The Balaban J connectivity index is 1.24. The van der Waals surface area contributed by atoms with Crippen molar-refractivity contribution in [3.8, 4) is 0 Å². The first kappa shape index (κ1) is 18.8. The van der Waals surface area contributed by atoms with E-state index in [1.54, 1.807) is 6.21 Å². The molecular weight excluding hydrogens is 428 g/mol. The van der Waals surface area contributed by atoms with Gasteiger partial charge in [-0.25, -0.2) is 5.43 Å². The number of hydrazone groups is 1. The highest BCUT2D eigenvalue weighted by atomic mass is 79.9. The maximum Gasteiger partial charge on any atom is 0.291 e. The van der Waals surface area contributed by atoms with Crippen molar-refractivity contribution >= 4 is 34.1 Å². The molecule has 0 spiro atoms. The van der Waals surface area contributed by atoms with Gasteiger partial charge in [0, 0.05) is 15.6 Å². The molecule has 0 unspecified atom stereocenters. The number of hydrogen-bond donors (Lipinski definition) is 2. The number of aromatic nitrogens is 2. The first-order chi connectivity index (χ1) is 14.1. The molecule has 0 saturated heterocycles. The topological polar surface area (TPSA) is 70.1 Å². The van der Waals surface area contributed by atoms with Crippen LogP contribution >= 0.6 is 15.9 Å². The third kappa shape index (κ3) is 3.82. The lowest BCUT2D eigenvalue weighted by Crippen LogP contribution is -2.48. The zero-order valence-corrected chi connectivity index (χ0v) is 17.9. The molecular formula is C23H25BrN4O. The molecule has 2 N–H and O–H groups in total. The smallest absolute Gasteiger partial charge is 0.281 e. The van der Waals surface area contributed by atoms with Crippen LogP contribution in [0.3, 0.4) is 0 Å². The van der Waals surface area contributed by atoms with E-state index in [9.17, 15) is 4.79 Å². The van der Waals surface area contributed by atoms with Gasteiger partial charge in [0.1, 0.15) is 0 Å². The van der Waals surface area contributed by atoms with Crippen molar-refractivity contribution in [2.45, 2.75) is 43.9 Å². The monoisotopic (exact) mass is 452 g/mol. The van der Waals surface area contributed by atoms with Gasteiger partial charge in [-0.3, -0.25) is 9.89 Å². The van der Waals surface area contributed by atoms with Gasteiger partial charge >= 0.3 is 0 Å². The van der Waals surface area contributed by atoms with Crippen molar-refractivity contribution in [3.63, 3.8) is 0 Å². The Morgan fingerprint density at radius 3 is 2.45 bits per heavy atom. The first-order valence-electron chi connectivity index (χ1n) is 10.4. The zero-order chi connectivity index (χ0) is 19.8. The van der Waals surface area contributed by atoms with Gasteiger partial charge in [0.2, 0.25) is 0 Å². The molecule has 4 fully saturated rings. The summed E-state index contributed by atoms with van der Waals surface area (Å²) in [5.74, 6) is 2.30. The van der Waals surface area contributed by atoms with Crippen LogP contribution in [-0.2, 0) is 5.41 Å². The molecule has 1 aromatic heterocycles. The van der Waals surface area contributed by atoms with E-state index in [0.29, 0.717) is 5.69 Å². The molecule has 1 amide bonds. The normalized spacial score (nSPS) is 30.8. The Kier molecular flexibility index (Phi) is 4.90. The molecule has 6 heteroatoms. The Bertz CT molecular complexity index is 927. The highest BCUT2D eigenvalue weighted by Crippen LogP contribution is 2.60. The molecule has 2 aromatic rings. The van der Waals surface area contributed by atoms with E-state index in [-0.39, 0.29) is 11.3 Å². The predicted molar refractivity (Wildman–Crippen MR) is 118 cm³/mol.